The van der Waals surface area contributed by atoms with Crippen molar-refractivity contribution in [2.24, 2.45) is 10.8 Å². The molecular weight excluding hydrogens is 859 g/mol. The van der Waals surface area contributed by atoms with Gasteiger partial charge in [-0.25, -0.2) is 0 Å². The summed E-state index contributed by atoms with van der Waals surface area (Å²) in [5, 5.41) is 0. The Balaban J connectivity index is 0. The fourth-order valence-electron chi connectivity index (χ4n) is 5.10. The first-order valence-corrected chi connectivity index (χ1v) is 19.1. The zero-order chi connectivity index (χ0) is 23.8. The molecule has 0 spiro atoms. The topological polar surface area (TPSA) is 0 Å². The summed E-state index contributed by atoms with van der Waals surface area (Å²) in [7, 11) is 0. The predicted octanol–water partition coefficient (Wildman–Crippen LogP) is -2.86. The first kappa shape index (κ1) is 39.0. The Morgan fingerprint density at radius 3 is 1.08 bits per heavy atom. The SMILES string of the molecule is C1=CC[C]([Hf+2][C]2=CC=CC2)=C1.CC1=C(C)C(C)(C)[C]([Hf+2][C]2=C(C)C(C)=C(C)C2(C)C)=C1C.[Cl-].[Cl-].[Cl-].[Cl-]. The molecule has 0 aromatic carbocycles. The van der Waals surface area contributed by atoms with Gasteiger partial charge in [-0.2, -0.15) is 0 Å². The van der Waals surface area contributed by atoms with E-state index in [4.69, 9.17) is 0 Å². The van der Waals surface area contributed by atoms with Crippen LogP contribution in [0.2, 0.25) is 0 Å². The predicted molar refractivity (Wildman–Crippen MR) is 133 cm³/mol. The zero-order valence-corrected chi connectivity index (χ0v) is 33.6. The maximum atomic E-state index is 2.44. The minimum atomic E-state index is -0.997. The molecule has 0 amide bonds. The van der Waals surface area contributed by atoms with Crippen LogP contribution < -0.4 is 49.6 Å². The van der Waals surface area contributed by atoms with Crippen LogP contribution in [-0.4, -0.2) is 0 Å². The second kappa shape index (κ2) is 15.6. The molecule has 0 saturated heterocycles. The van der Waals surface area contributed by atoms with Crippen molar-refractivity contribution in [1.29, 1.82) is 0 Å². The molecule has 0 fully saturated rings. The van der Waals surface area contributed by atoms with Crippen LogP contribution in [-0.2, 0) is 45.8 Å². The summed E-state index contributed by atoms with van der Waals surface area (Å²) in [5.41, 5.74) is 10.1. The van der Waals surface area contributed by atoms with Crippen molar-refractivity contribution >= 4 is 0 Å². The summed E-state index contributed by atoms with van der Waals surface area (Å²) >= 11 is -1.52. The number of rotatable bonds is 4. The van der Waals surface area contributed by atoms with E-state index in [2.05, 4.69) is 106 Å². The molecule has 4 aliphatic carbocycles. The fraction of sp³-hybridized carbons (Fsp3) is 0.467. The van der Waals surface area contributed by atoms with Gasteiger partial charge in [-0.1, -0.05) is 0 Å². The Hall–Kier alpha value is 0.820. The maximum Gasteiger partial charge on any atom is -1.00 e. The standard InChI is InChI=1S/2C10H15.2C5H5.4ClH.2Hf/c2*1-7-6-10(4,5)9(3)8(7)2;2*1-2-4-5-3-1;;;;;;/h2*1-5H3;2*1-3H,4H2;4*1H;;/q;;;;;;;;2*+2/p-4. The van der Waals surface area contributed by atoms with E-state index >= 15 is 0 Å². The summed E-state index contributed by atoms with van der Waals surface area (Å²) in [6.07, 6.45) is 16.1. The largest absolute Gasteiger partial charge is 1.00 e. The van der Waals surface area contributed by atoms with Crippen LogP contribution in [0.3, 0.4) is 0 Å². The van der Waals surface area contributed by atoms with Crippen molar-refractivity contribution in [2.45, 2.75) is 82.1 Å². The van der Waals surface area contributed by atoms with Crippen molar-refractivity contribution in [3.8, 4) is 0 Å². The summed E-state index contributed by atoms with van der Waals surface area (Å²) < 4.78 is 7.14. The van der Waals surface area contributed by atoms with Gasteiger partial charge in [0.2, 0.25) is 0 Å². The molecule has 0 aromatic heterocycles. The quantitative estimate of drug-likeness (QED) is 0.267. The van der Waals surface area contributed by atoms with E-state index in [-0.39, 0.29) is 49.6 Å². The average Bonchev–Trinajstić information content (AvgIpc) is 3.50. The molecule has 196 valence electrons. The summed E-state index contributed by atoms with van der Waals surface area (Å²) in [5.74, 6) is 0. The molecule has 6 heteroatoms. The summed E-state index contributed by atoms with van der Waals surface area (Å²) in [6.45, 7) is 23.8. The van der Waals surface area contributed by atoms with Gasteiger partial charge in [0.25, 0.3) is 0 Å². The van der Waals surface area contributed by atoms with Gasteiger partial charge in [-0.05, 0) is 0 Å². The Kier molecular flexibility index (Phi) is 16.8. The minimum Gasteiger partial charge on any atom is -1.00 e. The molecule has 4 aliphatic rings. The first-order valence-electron chi connectivity index (χ1n) is 11.9. The molecule has 0 radical (unpaired) electrons. The second-order valence-electron chi connectivity index (χ2n) is 10.6. The van der Waals surface area contributed by atoms with E-state index in [0.717, 1.165) is 0 Å². The first-order chi connectivity index (χ1) is 14.9. The molecule has 0 atom stereocenters. The molecule has 0 bridgehead atoms. The fourth-order valence-corrected chi connectivity index (χ4v) is 16.6. The van der Waals surface area contributed by atoms with Crippen LogP contribution in [0.25, 0.3) is 0 Å². The van der Waals surface area contributed by atoms with Gasteiger partial charge in [0.15, 0.2) is 0 Å². The molecule has 0 saturated carbocycles. The van der Waals surface area contributed by atoms with Crippen molar-refractivity contribution in [3.05, 3.63) is 83.2 Å². The second-order valence-corrected chi connectivity index (χ2v) is 20.7. The third-order valence-corrected chi connectivity index (χ3v) is 22.2. The van der Waals surface area contributed by atoms with Gasteiger partial charge < -0.3 is 49.6 Å². The van der Waals surface area contributed by atoms with E-state index in [0.29, 0.717) is 10.8 Å². The third-order valence-electron chi connectivity index (χ3n) is 8.24. The van der Waals surface area contributed by atoms with E-state index in [1.165, 1.54) is 12.8 Å². The van der Waals surface area contributed by atoms with Gasteiger partial charge in [0.1, 0.15) is 0 Å². The molecule has 0 nitrogen and oxygen atoms in total. The van der Waals surface area contributed by atoms with Crippen molar-refractivity contribution in [3.63, 3.8) is 0 Å². The van der Waals surface area contributed by atoms with E-state index < -0.39 is 45.8 Å². The van der Waals surface area contributed by atoms with Crippen LogP contribution in [0.5, 0.6) is 0 Å². The minimum absolute atomic E-state index is 0. The Morgan fingerprint density at radius 2 is 0.861 bits per heavy atom. The van der Waals surface area contributed by atoms with E-state index in [9.17, 15) is 0 Å². The number of hydrogen-bond acceptors (Lipinski definition) is 0. The molecule has 0 aliphatic heterocycles. The molecular formula is C30H40Cl4Hf2. The maximum absolute atomic E-state index is 2.44. The molecule has 0 N–H and O–H groups in total. The molecule has 4 rings (SSSR count). The summed E-state index contributed by atoms with van der Waals surface area (Å²) in [6, 6.07) is 0. The van der Waals surface area contributed by atoms with E-state index in [1.54, 1.807) is 40.1 Å². The Bertz CT molecular complexity index is 990. The van der Waals surface area contributed by atoms with Gasteiger partial charge in [-0.3, -0.25) is 0 Å². The Labute approximate surface area is 268 Å². The zero-order valence-electron chi connectivity index (χ0n) is 23.4. The van der Waals surface area contributed by atoms with Crippen molar-refractivity contribution in [2.75, 3.05) is 0 Å². The van der Waals surface area contributed by atoms with Gasteiger partial charge in [0, 0.05) is 0 Å². The summed E-state index contributed by atoms with van der Waals surface area (Å²) in [4.78, 5) is 0. The monoisotopic (exact) mass is 900 g/mol. The van der Waals surface area contributed by atoms with Crippen LogP contribution in [0.4, 0.5) is 0 Å². The number of hydrogen-bond donors (Lipinski definition) is 0. The molecule has 0 aromatic rings. The van der Waals surface area contributed by atoms with Crippen LogP contribution in [0, 0.1) is 10.8 Å². The van der Waals surface area contributed by atoms with Gasteiger partial charge >= 0.3 is 222 Å². The molecule has 0 heterocycles. The number of halogens is 4. The third kappa shape index (κ3) is 7.94. The van der Waals surface area contributed by atoms with Crippen molar-refractivity contribution in [1.82, 2.24) is 0 Å². The normalized spacial score (nSPS) is 20.4. The van der Waals surface area contributed by atoms with Crippen LogP contribution >= 0.6 is 0 Å². The van der Waals surface area contributed by atoms with Crippen LogP contribution in [0.15, 0.2) is 83.2 Å². The van der Waals surface area contributed by atoms with Gasteiger partial charge in [-0.15, -0.1) is 0 Å². The molecule has 0 unspecified atom stereocenters. The average molecular weight is 899 g/mol. The van der Waals surface area contributed by atoms with Gasteiger partial charge in [0.05, 0.1) is 0 Å². The Morgan fingerprint density at radius 1 is 0.528 bits per heavy atom. The van der Waals surface area contributed by atoms with Crippen molar-refractivity contribution < 1.29 is 95.4 Å². The van der Waals surface area contributed by atoms with E-state index in [1.807, 2.05) is 6.66 Å². The number of allylic oxidation sites excluding steroid dienone is 16. The van der Waals surface area contributed by atoms with Crippen LogP contribution in [0.1, 0.15) is 82.1 Å². The molecule has 36 heavy (non-hydrogen) atoms. The smallest absolute Gasteiger partial charge is 1.00 e.